The number of anilines is 1. The van der Waals surface area contributed by atoms with E-state index < -0.39 is 21.7 Å². The van der Waals surface area contributed by atoms with Gasteiger partial charge < -0.3 is 18.8 Å². The van der Waals surface area contributed by atoms with Gasteiger partial charge in [-0.1, -0.05) is 6.07 Å². The predicted molar refractivity (Wildman–Crippen MR) is 105 cm³/mol. The number of carbonyl (C=O) groups is 1. The minimum atomic E-state index is -4.28. The second-order valence-electron chi connectivity index (χ2n) is 7.01. The Balaban J connectivity index is 1.45. The van der Waals surface area contributed by atoms with Crippen LogP contribution in [0.2, 0.25) is 0 Å². The van der Waals surface area contributed by atoms with Crippen LogP contribution in [-0.4, -0.2) is 40.6 Å². The molecular weight excluding hydrogens is 415 g/mol. The quantitative estimate of drug-likeness (QED) is 0.677. The third kappa shape index (κ3) is 3.13. The first kappa shape index (κ1) is 18.7. The van der Waals surface area contributed by atoms with Gasteiger partial charge in [-0.3, -0.25) is 4.79 Å². The van der Waals surface area contributed by atoms with Crippen molar-refractivity contribution >= 4 is 32.6 Å². The third-order valence-corrected chi connectivity index (χ3v) is 6.42. The highest BCUT2D eigenvalue weighted by Crippen LogP contribution is 2.36. The molecule has 30 heavy (non-hydrogen) atoms. The van der Waals surface area contributed by atoms with Crippen molar-refractivity contribution in [3.05, 3.63) is 48.0 Å². The van der Waals surface area contributed by atoms with E-state index in [2.05, 4.69) is 0 Å². The summed E-state index contributed by atoms with van der Waals surface area (Å²) >= 11 is 0. The fourth-order valence-electron chi connectivity index (χ4n) is 3.44. The highest BCUT2D eigenvalue weighted by atomic mass is 32.2. The van der Waals surface area contributed by atoms with Crippen molar-refractivity contribution in [2.75, 3.05) is 31.2 Å². The number of benzene rings is 2. The number of hydrogen-bond donors (Lipinski definition) is 1. The Kier molecular flexibility index (Phi) is 4.31. The van der Waals surface area contributed by atoms with E-state index in [1.54, 1.807) is 12.1 Å². The molecule has 1 N–H and O–H groups in total. The van der Waals surface area contributed by atoms with Crippen LogP contribution >= 0.6 is 0 Å². The summed E-state index contributed by atoms with van der Waals surface area (Å²) in [5, 5.41) is 0.107. The number of amides is 1. The van der Waals surface area contributed by atoms with E-state index in [0.717, 1.165) is 19.5 Å². The number of hydrogen-bond acceptors (Lipinski definition) is 7. The van der Waals surface area contributed by atoms with E-state index in [4.69, 9.17) is 13.9 Å². The molecule has 10 heteroatoms. The summed E-state index contributed by atoms with van der Waals surface area (Å²) in [5.74, 6) is -1.54. The SMILES string of the molecule is O=C(NS(=O)(=O)c1cccc2c1OCCO2)c1cc2c(F)cc(N3CCC3)cc2o1. The van der Waals surface area contributed by atoms with Crippen molar-refractivity contribution in [2.45, 2.75) is 11.3 Å². The van der Waals surface area contributed by atoms with Crippen molar-refractivity contribution in [3.63, 3.8) is 0 Å². The van der Waals surface area contributed by atoms with Crippen LogP contribution in [0.1, 0.15) is 17.0 Å². The average molecular weight is 432 g/mol. The van der Waals surface area contributed by atoms with Crippen molar-refractivity contribution in [3.8, 4) is 11.5 Å². The predicted octanol–water partition coefficient (Wildman–Crippen LogP) is 2.67. The van der Waals surface area contributed by atoms with Crippen molar-refractivity contribution in [1.29, 1.82) is 0 Å². The van der Waals surface area contributed by atoms with E-state index in [-0.39, 0.29) is 39.7 Å². The summed E-state index contributed by atoms with van der Waals surface area (Å²) in [4.78, 5) is 14.3. The Morgan fingerprint density at radius 2 is 1.90 bits per heavy atom. The Morgan fingerprint density at radius 1 is 1.10 bits per heavy atom. The van der Waals surface area contributed by atoms with Crippen LogP contribution in [0.5, 0.6) is 11.5 Å². The molecule has 0 atom stereocenters. The van der Waals surface area contributed by atoms with Gasteiger partial charge in [0, 0.05) is 30.9 Å². The molecule has 1 aromatic heterocycles. The molecule has 2 aliphatic rings. The standard InChI is InChI=1S/C20H17FN2O6S/c21-14-9-12(23-5-2-6-23)10-16-13(14)11-17(29-16)20(24)22-30(25,26)18-4-1-3-15-19(18)28-8-7-27-15/h1,3-4,9-11H,2,5-8H2,(H,22,24). The largest absolute Gasteiger partial charge is 0.486 e. The molecular formula is C20H17FN2O6S. The maximum Gasteiger partial charge on any atom is 0.300 e. The second-order valence-corrected chi connectivity index (χ2v) is 8.66. The highest BCUT2D eigenvalue weighted by molar-refractivity contribution is 7.90. The summed E-state index contributed by atoms with van der Waals surface area (Å²) in [6.45, 7) is 2.14. The summed E-state index contributed by atoms with van der Waals surface area (Å²) < 4.78 is 58.2. The molecule has 0 aliphatic carbocycles. The summed E-state index contributed by atoms with van der Waals surface area (Å²) in [5.41, 5.74) is 0.835. The summed E-state index contributed by atoms with van der Waals surface area (Å²) in [6, 6.07) is 8.58. The zero-order valence-corrected chi connectivity index (χ0v) is 16.5. The lowest BCUT2D eigenvalue weighted by Gasteiger charge is -2.33. The normalized spacial score (nSPS) is 15.7. The lowest BCUT2D eigenvalue weighted by Crippen LogP contribution is -2.36. The molecule has 2 aliphatic heterocycles. The maximum atomic E-state index is 14.5. The van der Waals surface area contributed by atoms with Crippen molar-refractivity contribution < 1.29 is 31.5 Å². The first-order valence-electron chi connectivity index (χ1n) is 9.36. The first-order valence-corrected chi connectivity index (χ1v) is 10.8. The van der Waals surface area contributed by atoms with Crippen LogP contribution < -0.4 is 19.1 Å². The number of nitrogens with zero attached hydrogens (tertiary/aromatic N) is 1. The first-order chi connectivity index (χ1) is 14.4. The van der Waals surface area contributed by atoms with Gasteiger partial charge in [-0.2, -0.15) is 0 Å². The van der Waals surface area contributed by atoms with Gasteiger partial charge in [-0.25, -0.2) is 17.5 Å². The van der Waals surface area contributed by atoms with Crippen LogP contribution in [0, 0.1) is 5.82 Å². The lowest BCUT2D eigenvalue weighted by atomic mass is 10.1. The van der Waals surface area contributed by atoms with E-state index in [0.29, 0.717) is 12.3 Å². The molecule has 2 aromatic carbocycles. The fraction of sp³-hybridized carbons (Fsp3) is 0.250. The number of fused-ring (bicyclic) bond motifs is 2. The Morgan fingerprint density at radius 3 is 2.67 bits per heavy atom. The molecule has 0 saturated carbocycles. The van der Waals surface area contributed by atoms with Crippen molar-refractivity contribution in [2.24, 2.45) is 0 Å². The molecule has 3 heterocycles. The second kappa shape index (κ2) is 6.91. The minimum Gasteiger partial charge on any atom is -0.486 e. The highest BCUT2D eigenvalue weighted by Gasteiger charge is 2.28. The fourth-order valence-corrected chi connectivity index (χ4v) is 4.55. The van der Waals surface area contributed by atoms with Crippen LogP contribution in [-0.2, 0) is 10.0 Å². The third-order valence-electron chi connectivity index (χ3n) is 5.06. The Labute approximate surface area is 171 Å². The van der Waals surface area contributed by atoms with Crippen LogP contribution in [0.15, 0.2) is 45.7 Å². The van der Waals surface area contributed by atoms with Crippen LogP contribution in [0.25, 0.3) is 11.0 Å². The molecule has 3 aromatic rings. The van der Waals surface area contributed by atoms with E-state index in [9.17, 15) is 17.6 Å². The van der Waals surface area contributed by atoms with Gasteiger partial charge in [0.2, 0.25) is 0 Å². The molecule has 0 radical (unpaired) electrons. The van der Waals surface area contributed by atoms with Gasteiger partial charge in [-0.15, -0.1) is 0 Å². The lowest BCUT2D eigenvalue weighted by molar-refractivity contribution is 0.0956. The monoisotopic (exact) mass is 432 g/mol. The van der Waals surface area contributed by atoms with Gasteiger partial charge in [0.1, 0.15) is 29.5 Å². The Bertz CT molecular complexity index is 1270. The molecule has 0 unspecified atom stereocenters. The van der Waals surface area contributed by atoms with Gasteiger partial charge in [0.25, 0.3) is 10.0 Å². The Hall–Kier alpha value is -3.27. The molecule has 0 bridgehead atoms. The molecule has 1 amide bonds. The molecule has 8 nitrogen and oxygen atoms in total. The number of ether oxygens (including phenoxy) is 2. The van der Waals surface area contributed by atoms with E-state index >= 15 is 0 Å². The van der Waals surface area contributed by atoms with E-state index in [1.165, 1.54) is 24.3 Å². The van der Waals surface area contributed by atoms with Gasteiger partial charge >= 0.3 is 5.91 Å². The number of furan rings is 1. The van der Waals surface area contributed by atoms with Gasteiger partial charge in [-0.05, 0) is 24.6 Å². The maximum absolute atomic E-state index is 14.5. The molecule has 1 saturated heterocycles. The van der Waals surface area contributed by atoms with Gasteiger partial charge in [0.05, 0.1) is 5.39 Å². The minimum absolute atomic E-state index is 0.0406. The van der Waals surface area contributed by atoms with Crippen LogP contribution in [0.3, 0.4) is 0 Å². The molecule has 0 spiro atoms. The average Bonchev–Trinajstić information content (AvgIpc) is 3.11. The molecule has 5 rings (SSSR count). The number of carbonyl (C=O) groups excluding carboxylic acids is 1. The van der Waals surface area contributed by atoms with E-state index in [1.807, 2.05) is 9.62 Å². The summed E-state index contributed by atoms with van der Waals surface area (Å²) in [7, 11) is -4.28. The zero-order chi connectivity index (χ0) is 20.9. The van der Waals surface area contributed by atoms with Crippen LogP contribution in [0.4, 0.5) is 10.1 Å². The number of para-hydroxylation sites is 1. The molecule has 1 fully saturated rings. The summed E-state index contributed by atoms with van der Waals surface area (Å²) in [6.07, 6.45) is 1.03. The topological polar surface area (TPSA) is 98.1 Å². The zero-order valence-electron chi connectivity index (χ0n) is 15.7. The number of rotatable bonds is 4. The molecule has 156 valence electrons. The van der Waals surface area contributed by atoms with Crippen molar-refractivity contribution in [1.82, 2.24) is 4.72 Å². The number of halogens is 1. The number of sulfonamides is 1. The smallest absolute Gasteiger partial charge is 0.300 e. The van der Waals surface area contributed by atoms with Gasteiger partial charge in [0.15, 0.2) is 17.3 Å². The number of nitrogens with one attached hydrogen (secondary N) is 1.